The van der Waals surface area contributed by atoms with Gasteiger partial charge in [0.1, 0.15) is 12.4 Å². The summed E-state index contributed by atoms with van der Waals surface area (Å²) >= 11 is 0. The number of benzene rings is 2. The van der Waals surface area contributed by atoms with Gasteiger partial charge >= 0.3 is 0 Å². The van der Waals surface area contributed by atoms with Crippen LogP contribution in [0.3, 0.4) is 0 Å². The van der Waals surface area contributed by atoms with E-state index in [1.807, 2.05) is 30.9 Å². The van der Waals surface area contributed by atoms with Crippen molar-refractivity contribution in [2.75, 3.05) is 6.54 Å². The quantitative estimate of drug-likeness (QED) is 0.602. The lowest BCUT2D eigenvalue weighted by Crippen LogP contribution is -2.17. The van der Waals surface area contributed by atoms with Crippen LogP contribution in [0, 0.1) is 6.92 Å². The summed E-state index contributed by atoms with van der Waals surface area (Å²) in [4.78, 5) is 4.06. The van der Waals surface area contributed by atoms with Gasteiger partial charge in [-0.25, -0.2) is 4.98 Å². The molecule has 4 nitrogen and oxygen atoms in total. The highest BCUT2D eigenvalue weighted by Gasteiger charge is 2.03. The van der Waals surface area contributed by atoms with Crippen molar-refractivity contribution in [1.82, 2.24) is 14.9 Å². The Hall–Kier alpha value is -2.59. The van der Waals surface area contributed by atoms with Crippen molar-refractivity contribution < 1.29 is 4.74 Å². The molecule has 1 N–H and O–H groups in total. The van der Waals surface area contributed by atoms with Crippen LogP contribution in [0.4, 0.5) is 0 Å². The minimum Gasteiger partial charge on any atom is -0.489 e. The highest BCUT2D eigenvalue weighted by atomic mass is 16.5. The van der Waals surface area contributed by atoms with Gasteiger partial charge in [-0.05, 0) is 31.5 Å². The van der Waals surface area contributed by atoms with Gasteiger partial charge in [0.2, 0.25) is 0 Å². The maximum absolute atomic E-state index is 6.04. The van der Waals surface area contributed by atoms with E-state index >= 15 is 0 Å². The van der Waals surface area contributed by atoms with Gasteiger partial charge in [0.05, 0.1) is 6.33 Å². The molecule has 0 radical (unpaired) electrons. The second-order valence-electron chi connectivity index (χ2n) is 6.22. The SMILES string of the molecule is Cc1cccc(COc2ccccc2CNCCCn2ccnc2)c1. The van der Waals surface area contributed by atoms with Crippen molar-refractivity contribution in [1.29, 1.82) is 0 Å². The predicted molar refractivity (Wildman–Crippen MR) is 101 cm³/mol. The zero-order chi connectivity index (χ0) is 17.3. The largest absolute Gasteiger partial charge is 0.489 e. The van der Waals surface area contributed by atoms with E-state index in [0.29, 0.717) is 6.61 Å². The standard InChI is InChI=1S/C21H25N3O/c1-18-6-4-7-19(14-18)16-25-21-9-3-2-8-20(21)15-22-10-5-12-24-13-11-23-17-24/h2-4,6-9,11,13-14,17,22H,5,10,12,15-16H2,1H3. The van der Waals surface area contributed by atoms with Crippen molar-refractivity contribution in [3.63, 3.8) is 0 Å². The van der Waals surface area contributed by atoms with E-state index in [2.05, 4.69) is 58.2 Å². The highest BCUT2D eigenvalue weighted by Crippen LogP contribution is 2.19. The number of hydrogen-bond acceptors (Lipinski definition) is 3. The molecule has 0 aliphatic rings. The maximum Gasteiger partial charge on any atom is 0.124 e. The molecule has 0 saturated heterocycles. The molecule has 25 heavy (non-hydrogen) atoms. The maximum atomic E-state index is 6.04. The monoisotopic (exact) mass is 335 g/mol. The number of rotatable bonds is 9. The lowest BCUT2D eigenvalue weighted by atomic mass is 10.1. The van der Waals surface area contributed by atoms with Crippen LogP contribution in [0.5, 0.6) is 5.75 Å². The number of nitrogens with one attached hydrogen (secondary N) is 1. The molecule has 0 unspecified atom stereocenters. The lowest BCUT2D eigenvalue weighted by molar-refractivity contribution is 0.302. The summed E-state index contributed by atoms with van der Waals surface area (Å²) in [6.45, 7) is 5.46. The van der Waals surface area contributed by atoms with Gasteiger partial charge in [0.15, 0.2) is 0 Å². The van der Waals surface area contributed by atoms with Crippen LogP contribution in [0.25, 0.3) is 0 Å². The zero-order valence-corrected chi connectivity index (χ0v) is 14.7. The fraction of sp³-hybridized carbons (Fsp3) is 0.286. The Morgan fingerprint density at radius 2 is 2.04 bits per heavy atom. The molecule has 0 aliphatic heterocycles. The average Bonchev–Trinajstić information content (AvgIpc) is 3.14. The summed E-state index contributed by atoms with van der Waals surface area (Å²) in [5.41, 5.74) is 3.65. The topological polar surface area (TPSA) is 39.1 Å². The number of imidazole rings is 1. The number of aromatic nitrogens is 2. The van der Waals surface area contributed by atoms with Crippen molar-refractivity contribution >= 4 is 0 Å². The molecule has 3 aromatic rings. The van der Waals surface area contributed by atoms with E-state index in [9.17, 15) is 0 Å². The normalized spacial score (nSPS) is 10.8. The fourth-order valence-electron chi connectivity index (χ4n) is 2.78. The number of nitrogens with zero attached hydrogens (tertiary/aromatic N) is 2. The van der Waals surface area contributed by atoms with Gasteiger partial charge in [-0.3, -0.25) is 0 Å². The fourth-order valence-corrected chi connectivity index (χ4v) is 2.78. The first-order valence-corrected chi connectivity index (χ1v) is 8.74. The lowest BCUT2D eigenvalue weighted by Gasteiger charge is -2.13. The molecule has 3 rings (SSSR count). The Balaban J connectivity index is 1.47. The van der Waals surface area contributed by atoms with Crippen LogP contribution < -0.4 is 10.1 Å². The molecule has 2 aromatic carbocycles. The molecule has 0 fully saturated rings. The van der Waals surface area contributed by atoms with Crippen molar-refractivity contribution in [2.45, 2.75) is 33.0 Å². The Kier molecular flexibility index (Phi) is 6.23. The molecule has 0 bridgehead atoms. The van der Waals surface area contributed by atoms with Crippen LogP contribution >= 0.6 is 0 Å². The third-order valence-corrected chi connectivity index (χ3v) is 4.09. The Bertz CT molecular complexity index is 768. The summed E-state index contributed by atoms with van der Waals surface area (Å²) in [5.74, 6) is 0.950. The first-order chi connectivity index (χ1) is 12.3. The van der Waals surface area contributed by atoms with E-state index in [1.54, 1.807) is 0 Å². The summed E-state index contributed by atoms with van der Waals surface area (Å²) < 4.78 is 8.14. The second kappa shape index (κ2) is 9.04. The number of aryl methyl sites for hydroxylation is 2. The van der Waals surface area contributed by atoms with Gasteiger partial charge in [-0.1, -0.05) is 48.0 Å². The molecule has 0 aliphatic carbocycles. The highest BCUT2D eigenvalue weighted by molar-refractivity contribution is 5.33. The van der Waals surface area contributed by atoms with Crippen LogP contribution in [-0.4, -0.2) is 16.1 Å². The van der Waals surface area contributed by atoms with Crippen LogP contribution in [0.15, 0.2) is 67.3 Å². The summed E-state index contributed by atoms with van der Waals surface area (Å²) in [6, 6.07) is 16.7. The summed E-state index contributed by atoms with van der Waals surface area (Å²) in [5, 5.41) is 3.50. The van der Waals surface area contributed by atoms with E-state index in [0.717, 1.165) is 31.8 Å². The minimum absolute atomic E-state index is 0.597. The van der Waals surface area contributed by atoms with E-state index in [-0.39, 0.29) is 0 Å². The molecule has 130 valence electrons. The minimum atomic E-state index is 0.597. The van der Waals surface area contributed by atoms with Gasteiger partial charge in [0.25, 0.3) is 0 Å². The van der Waals surface area contributed by atoms with E-state index in [1.165, 1.54) is 16.7 Å². The molecule has 0 atom stereocenters. The number of para-hydroxylation sites is 1. The molecule has 0 amide bonds. The first-order valence-electron chi connectivity index (χ1n) is 8.74. The van der Waals surface area contributed by atoms with Crippen molar-refractivity contribution in [3.8, 4) is 5.75 Å². The third kappa shape index (κ3) is 5.47. The summed E-state index contributed by atoms with van der Waals surface area (Å²) in [7, 11) is 0. The van der Waals surface area contributed by atoms with E-state index < -0.39 is 0 Å². The van der Waals surface area contributed by atoms with Crippen molar-refractivity contribution in [2.24, 2.45) is 0 Å². The predicted octanol–water partition coefficient (Wildman–Crippen LogP) is 3.95. The molecule has 0 saturated carbocycles. The average molecular weight is 335 g/mol. The molecule has 1 heterocycles. The van der Waals surface area contributed by atoms with Crippen LogP contribution in [0.1, 0.15) is 23.1 Å². The van der Waals surface area contributed by atoms with Gasteiger partial charge in [0, 0.05) is 31.0 Å². The molecular weight excluding hydrogens is 310 g/mol. The van der Waals surface area contributed by atoms with Gasteiger partial charge < -0.3 is 14.6 Å². The summed E-state index contributed by atoms with van der Waals surface area (Å²) in [6.07, 6.45) is 6.74. The van der Waals surface area contributed by atoms with Gasteiger partial charge in [-0.2, -0.15) is 0 Å². The molecule has 1 aromatic heterocycles. The molecule has 4 heteroatoms. The first kappa shape index (κ1) is 17.2. The number of ether oxygens (including phenoxy) is 1. The second-order valence-corrected chi connectivity index (χ2v) is 6.22. The van der Waals surface area contributed by atoms with Crippen LogP contribution in [0.2, 0.25) is 0 Å². The third-order valence-electron chi connectivity index (χ3n) is 4.09. The van der Waals surface area contributed by atoms with Crippen molar-refractivity contribution in [3.05, 3.63) is 83.9 Å². The molecular formula is C21H25N3O. The van der Waals surface area contributed by atoms with Gasteiger partial charge in [-0.15, -0.1) is 0 Å². The Labute approximate surface area is 149 Å². The molecule has 0 spiro atoms. The van der Waals surface area contributed by atoms with E-state index in [4.69, 9.17) is 4.74 Å². The number of hydrogen-bond donors (Lipinski definition) is 1. The Morgan fingerprint density at radius 3 is 2.88 bits per heavy atom. The zero-order valence-electron chi connectivity index (χ0n) is 14.7. The van der Waals surface area contributed by atoms with Crippen LogP contribution in [-0.2, 0) is 19.7 Å². The Morgan fingerprint density at radius 1 is 1.12 bits per heavy atom. The smallest absolute Gasteiger partial charge is 0.124 e.